The van der Waals surface area contributed by atoms with Gasteiger partial charge in [-0.15, -0.1) is 0 Å². The van der Waals surface area contributed by atoms with Crippen molar-refractivity contribution < 1.29 is 5.11 Å². The molecule has 0 saturated heterocycles. The van der Waals surface area contributed by atoms with Gasteiger partial charge in [-0.2, -0.15) is 0 Å². The Balaban J connectivity index is 0. The zero-order valence-electron chi connectivity index (χ0n) is 8.68. The molecule has 0 heterocycles. The lowest BCUT2D eigenvalue weighted by Gasteiger charge is -2.04. The molecular weight excluding hydrogens is 136 g/mol. The van der Waals surface area contributed by atoms with Crippen molar-refractivity contribution >= 4 is 0 Å². The molecule has 1 unspecified atom stereocenters. The summed E-state index contributed by atoms with van der Waals surface area (Å²) in [7, 11) is 0. The van der Waals surface area contributed by atoms with E-state index in [1.807, 2.05) is 20.8 Å². The molecule has 0 aromatic rings. The van der Waals surface area contributed by atoms with Crippen LogP contribution in [0.4, 0.5) is 0 Å². The highest BCUT2D eigenvalue weighted by Gasteiger charge is 1.97. The number of aliphatic hydroxyl groups is 1. The van der Waals surface area contributed by atoms with Crippen LogP contribution in [0, 0.1) is 5.92 Å². The Morgan fingerprint density at radius 3 is 1.36 bits per heavy atom. The minimum atomic E-state index is -0.148. The predicted molar refractivity (Wildman–Crippen MR) is 51.6 cm³/mol. The van der Waals surface area contributed by atoms with Gasteiger partial charge >= 0.3 is 0 Å². The molecule has 0 saturated carbocycles. The standard InChI is InChI=1S/C5H12O.C5H10/c1-4(2)5(3)6;1-4-5(2)3/h4-6H,1-3H3;4H,1-3H3. The lowest BCUT2D eigenvalue weighted by atomic mass is 10.1. The summed E-state index contributed by atoms with van der Waals surface area (Å²) in [6, 6.07) is 0. The molecule has 68 valence electrons. The maximum atomic E-state index is 8.63. The van der Waals surface area contributed by atoms with Gasteiger partial charge in [0.25, 0.3) is 0 Å². The second-order valence-corrected chi connectivity index (χ2v) is 3.35. The summed E-state index contributed by atoms with van der Waals surface area (Å²) in [5, 5.41) is 8.63. The first-order chi connectivity index (χ1) is 4.91. The minimum Gasteiger partial charge on any atom is -0.393 e. The van der Waals surface area contributed by atoms with Crippen molar-refractivity contribution in [2.75, 3.05) is 0 Å². The third-order valence-electron chi connectivity index (χ3n) is 1.54. The zero-order chi connectivity index (χ0) is 9.44. The lowest BCUT2D eigenvalue weighted by Crippen LogP contribution is -2.07. The number of aliphatic hydroxyl groups excluding tert-OH is 1. The van der Waals surface area contributed by atoms with Crippen LogP contribution in [0.15, 0.2) is 11.6 Å². The van der Waals surface area contributed by atoms with Gasteiger partial charge in [0.1, 0.15) is 0 Å². The molecule has 0 aliphatic heterocycles. The summed E-state index contributed by atoms with van der Waals surface area (Å²) in [5.74, 6) is 0.407. The smallest absolute Gasteiger partial charge is 0.0535 e. The van der Waals surface area contributed by atoms with Crippen LogP contribution in [-0.2, 0) is 0 Å². The van der Waals surface area contributed by atoms with E-state index >= 15 is 0 Å². The van der Waals surface area contributed by atoms with Crippen LogP contribution in [0.3, 0.4) is 0 Å². The molecule has 0 aliphatic rings. The van der Waals surface area contributed by atoms with Gasteiger partial charge in [-0.05, 0) is 33.6 Å². The van der Waals surface area contributed by atoms with Crippen LogP contribution in [-0.4, -0.2) is 11.2 Å². The topological polar surface area (TPSA) is 20.2 Å². The van der Waals surface area contributed by atoms with Crippen LogP contribution in [0.1, 0.15) is 41.5 Å². The Labute approximate surface area is 71.1 Å². The molecule has 0 bridgehead atoms. The zero-order valence-corrected chi connectivity index (χ0v) is 8.68. The van der Waals surface area contributed by atoms with Crippen molar-refractivity contribution in [3.63, 3.8) is 0 Å². The van der Waals surface area contributed by atoms with E-state index in [1.54, 1.807) is 6.92 Å². The van der Waals surface area contributed by atoms with E-state index in [1.165, 1.54) is 5.57 Å². The third kappa shape index (κ3) is 17.7. The van der Waals surface area contributed by atoms with Crippen molar-refractivity contribution in [3.8, 4) is 0 Å². The van der Waals surface area contributed by atoms with Crippen LogP contribution in [0.25, 0.3) is 0 Å². The molecule has 0 radical (unpaired) electrons. The average molecular weight is 158 g/mol. The van der Waals surface area contributed by atoms with Crippen molar-refractivity contribution in [1.29, 1.82) is 0 Å². The van der Waals surface area contributed by atoms with Gasteiger partial charge in [-0.1, -0.05) is 25.5 Å². The molecule has 0 fully saturated rings. The molecule has 1 atom stereocenters. The van der Waals surface area contributed by atoms with Crippen LogP contribution in [0.2, 0.25) is 0 Å². The first kappa shape index (κ1) is 13.3. The normalized spacial score (nSPS) is 11.6. The highest BCUT2D eigenvalue weighted by atomic mass is 16.3. The predicted octanol–water partition coefficient (Wildman–Crippen LogP) is 3.00. The highest BCUT2D eigenvalue weighted by molar-refractivity contribution is 4.88. The summed E-state index contributed by atoms with van der Waals surface area (Å²) in [6.45, 7) is 12.0. The second kappa shape index (κ2) is 7.80. The SMILES string of the molecule is CC(C)C(C)O.CC=C(C)C. The van der Waals surface area contributed by atoms with Gasteiger partial charge in [0.15, 0.2) is 0 Å². The maximum Gasteiger partial charge on any atom is 0.0535 e. The fraction of sp³-hybridized carbons (Fsp3) is 0.800. The number of rotatable bonds is 1. The van der Waals surface area contributed by atoms with Gasteiger partial charge in [0.05, 0.1) is 6.10 Å². The number of hydrogen-bond donors (Lipinski definition) is 1. The molecule has 1 nitrogen and oxygen atoms in total. The fourth-order valence-electron chi connectivity index (χ4n) is 0. The molecule has 0 spiro atoms. The molecule has 0 aromatic carbocycles. The molecule has 0 aromatic heterocycles. The maximum absolute atomic E-state index is 8.63. The Morgan fingerprint density at radius 2 is 1.36 bits per heavy atom. The monoisotopic (exact) mass is 158 g/mol. The van der Waals surface area contributed by atoms with E-state index in [2.05, 4.69) is 19.9 Å². The van der Waals surface area contributed by atoms with E-state index in [0.717, 1.165) is 0 Å². The second-order valence-electron chi connectivity index (χ2n) is 3.35. The largest absolute Gasteiger partial charge is 0.393 e. The Kier molecular flexibility index (Phi) is 9.44. The van der Waals surface area contributed by atoms with Crippen molar-refractivity contribution in [2.45, 2.75) is 47.6 Å². The van der Waals surface area contributed by atoms with Gasteiger partial charge in [-0.25, -0.2) is 0 Å². The molecular formula is C10H22O. The quantitative estimate of drug-likeness (QED) is 0.582. The van der Waals surface area contributed by atoms with Crippen molar-refractivity contribution in [3.05, 3.63) is 11.6 Å². The summed E-state index contributed by atoms with van der Waals surface area (Å²) in [4.78, 5) is 0. The first-order valence-corrected chi connectivity index (χ1v) is 4.19. The minimum absolute atomic E-state index is 0.148. The van der Waals surface area contributed by atoms with Crippen LogP contribution in [0.5, 0.6) is 0 Å². The van der Waals surface area contributed by atoms with E-state index in [0.29, 0.717) is 5.92 Å². The molecule has 11 heavy (non-hydrogen) atoms. The van der Waals surface area contributed by atoms with Crippen molar-refractivity contribution in [2.24, 2.45) is 5.92 Å². The van der Waals surface area contributed by atoms with Crippen molar-refractivity contribution in [1.82, 2.24) is 0 Å². The summed E-state index contributed by atoms with van der Waals surface area (Å²) in [5.41, 5.74) is 1.38. The Hall–Kier alpha value is -0.300. The van der Waals surface area contributed by atoms with Crippen LogP contribution >= 0.6 is 0 Å². The van der Waals surface area contributed by atoms with E-state index in [-0.39, 0.29) is 6.10 Å². The van der Waals surface area contributed by atoms with E-state index in [4.69, 9.17) is 5.11 Å². The van der Waals surface area contributed by atoms with Gasteiger partial charge in [0.2, 0.25) is 0 Å². The Morgan fingerprint density at radius 1 is 1.18 bits per heavy atom. The third-order valence-corrected chi connectivity index (χ3v) is 1.54. The highest BCUT2D eigenvalue weighted by Crippen LogP contribution is 1.96. The molecule has 1 heteroatoms. The first-order valence-electron chi connectivity index (χ1n) is 4.19. The van der Waals surface area contributed by atoms with Gasteiger partial charge in [0, 0.05) is 0 Å². The Bertz CT molecular complexity index is 91.4. The summed E-state index contributed by atoms with van der Waals surface area (Å²) < 4.78 is 0. The van der Waals surface area contributed by atoms with Gasteiger partial charge < -0.3 is 5.11 Å². The van der Waals surface area contributed by atoms with Gasteiger partial charge in [-0.3, -0.25) is 0 Å². The lowest BCUT2D eigenvalue weighted by molar-refractivity contribution is 0.144. The molecule has 0 aliphatic carbocycles. The van der Waals surface area contributed by atoms with E-state index in [9.17, 15) is 0 Å². The number of hydrogen-bond acceptors (Lipinski definition) is 1. The molecule has 0 amide bonds. The number of allylic oxidation sites excluding steroid dienone is 2. The average Bonchev–Trinajstić information content (AvgIpc) is 1.89. The van der Waals surface area contributed by atoms with E-state index < -0.39 is 0 Å². The molecule has 0 rings (SSSR count). The fourth-order valence-corrected chi connectivity index (χ4v) is 0. The van der Waals surface area contributed by atoms with Crippen LogP contribution < -0.4 is 0 Å². The summed E-state index contributed by atoms with van der Waals surface area (Å²) in [6.07, 6.45) is 1.94. The summed E-state index contributed by atoms with van der Waals surface area (Å²) >= 11 is 0. The molecule has 1 N–H and O–H groups in total.